The number of hydrogen-bond acceptors (Lipinski definition) is 3. The maximum Gasteiger partial charge on any atom is 0.246 e. The van der Waals surface area contributed by atoms with Crippen molar-refractivity contribution in [2.24, 2.45) is 0 Å². The molecule has 0 aliphatic heterocycles. The van der Waals surface area contributed by atoms with Gasteiger partial charge in [-0.05, 0) is 31.2 Å². The molecular weight excluding hydrogens is 235 g/mol. The molecule has 18 heavy (non-hydrogen) atoms. The summed E-state index contributed by atoms with van der Waals surface area (Å²) in [6, 6.07) is 5.85. The lowest BCUT2D eigenvalue weighted by molar-refractivity contribution is -0.116. The Morgan fingerprint density at radius 3 is 2.89 bits per heavy atom. The van der Waals surface area contributed by atoms with Crippen LogP contribution in [0.5, 0.6) is 0 Å². The van der Waals surface area contributed by atoms with Gasteiger partial charge in [-0.3, -0.25) is 9.48 Å². The van der Waals surface area contributed by atoms with Gasteiger partial charge in [-0.2, -0.15) is 5.10 Å². The molecule has 0 aliphatic rings. The van der Waals surface area contributed by atoms with Crippen LogP contribution in [-0.4, -0.2) is 15.7 Å². The summed E-state index contributed by atoms with van der Waals surface area (Å²) >= 11 is 0. The second-order valence-corrected chi connectivity index (χ2v) is 3.94. The van der Waals surface area contributed by atoms with E-state index in [9.17, 15) is 9.18 Å². The molecule has 0 atom stereocenters. The Kier molecular flexibility index (Phi) is 3.27. The number of nitrogens with zero attached hydrogens (tertiary/aromatic N) is 2. The van der Waals surface area contributed by atoms with E-state index in [1.807, 2.05) is 13.0 Å². The molecule has 0 saturated heterocycles. The molecule has 2 aromatic rings. The van der Waals surface area contributed by atoms with Crippen LogP contribution in [-0.2, 0) is 11.3 Å². The Morgan fingerprint density at radius 1 is 1.50 bits per heavy atom. The van der Waals surface area contributed by atoms with Crippen molar-refractivity contribution in [1.29, 1.82) is 0 Å². The van der Waals surface area contributed by atoms with E-state index in [1.54, 1.807) is 6.20 Å². The number of rotatable bonds is 3. The van der Waals surface area contributed by atoms with Gasteiger partial charge in [0.15, 0.2) is 0 Å². The van der Waals surface area contributed by atoms with Gasteiger partial charge >= 0.3 is 0 Å². The van der Waals surface area contributed by atoms with Crippen molar-refractivity contribution in [2.75, 3.05) is 11.1 Å². The van der Waals surface area contributed by atoms with Gasteiger partial charge in [0, 0.05) is 11.9 Å². The highest BCUT2D eigenvalue weighted by Gasteiger charge is 2.06. The summed E-state index contributed by atoms with van der Waals surface area (Å²) in [7, 11) is 0. The second kappa shape index (κ2) is 4.87. The number of amides is 1. The van der Waals surface area contributed by atoms with E-state index in [2.05, 4.69) is 10.4 Å². The van der Waals surface area contributed by atoms with Crippen LogP contribution in [0.15, 0.2) is 30.5 Å². The zero-order valence-corrected chi connectivity index (χ0v) is 9.85. The molecule has 0 radical (unpaired) electrons. The number of halogens is 1. The smallest absolute Gasteiger partial charge is 0.246 e. The van der Waals surface area contributed by atoms with E-state index >= 15 is 0 Å². The molecule has 6 heteroatoms. The molecule has 1 aromatic heterocycles. The Balaban J connectivity index is 2.00. The third-order valence-corrected chi connectivity index (χ3v) is 2.36. The molecule has 0 fully saturated rings. The van der Waals surface area contributed by atoms with Gasteiger partial charge in [-0.25, -0.2) is 4.39 Å². The molecule has 0 bridgehead atoms. The van der Waals surface area contributed by atoms with Gasteiger partial charge in [0.2, 0.25) is 5.91 Å². The van der Waals surface area contributed by atoms with Crippen LogP contribution in [0.1, 0.15) is 5.69 Å². The summed E-state index contributed by atoms with van der Waals surface area (Å²) in [6.07, 6.45) is 1.72. The summed E-state index contributed by atoms with van der Waals surface area (Å²) in [5.41, 5.74) is 6.71. The third kappa shape index (κ3) is 2.85. The predicted molar refractivity (Wildman–Crippen MR) is 66.4 cm³/mol. The molecule has 1 heterocycles. The average Bonchev–Trinajstić information content (AvgIpc) is 2.69. The molecule has 3 N–H and O–H groups in total. The van der Waals surface area contributed by atoms with Crippen molar-refractivity contribution in [1.82, 2.24) is 9.78 Å². The van der Waals surface area contributed by atoms with Gasteiger partial charge in [-0.1, -0.05) is 0 Å². The van der Waals surface area contributed by atoms with Crippen LogP contribution < -0.4 is 11.1 Å². The maximum atomic E-state index is 12.9. The van der Waals surface area contributed by atoms with Gasteiger partial charge in [0.1, 0.15) is 12.4 Å². The highest BCUT2D eigenvalue weighted by atomic mass is 19.1. The van der Waals surface area contributed by atoms with Crippen LogP contribution in [0, 0.1) is 12.7 Å². The number of aromatic nitrogens is 2. The zero-order chi connectivity index (χ0) is 13.1. The Morgan fingerprint density at radius 2 is 2.28 bits per heavy atom. The van der Waals surface area contributed by atoms with Crippen molar-refractivity contribution >= 4 is 17.3 Å². The van der Waals surface area contributed by atoms with E-state index in [0.717, 1.165) is 5.69 Å². The molecule has 5 nitrogen and oxygen atoms in total. The number of benzene rings is 1. The number of carbonyl (C=O) groups is 1. The number of hydrogen-bond donors (Lipinski definition) is 2. The van der Waals surface area contributed by atoms with Gasteiger partial charge in [0.25, 0.3) is 0 Å². The molecule has 0 spiro atoms. The largest absolute Gasteiger partial charge is 0.396 e. The summed E-state index contributed by atoms with van der Waals surface area (Å²) in [5, 5.41) is 6.72. The summed E-state index contributed by atoms with van der Waals surface area (Å²) in [6.45, 7) is 1.94. The first-order valence-corrected chi connectivity index (χ1v) is 5.39. The van der Waals surface area contributed by atoms with Crippen LogP contribution in [0.4, 0.5) is 15.8 Å². The number of nitrogens with one attached hydrogen (secondary N) is 1. The monoisotopic (exact) mass is 248 g/mol. The third-order valence-electron chi connectivity index (χ3n) is 2.36. The minimum atomic E-state index is -0.504. The van der Waals surface area contributed by atoms with Gasteiger partial charge < -0.3 is 11.1 Å². The Labute approximate surface area is 103 Å². The fourth-order valence-electron chi connectivity index (χ4n) is 1.52. The van der Waals surface area contributed by atoms with Crippen molar-refractivity contribution in [3.05, 3.63) is 42.0 Å². The van der Waals surface area contributed by atoms with E-state index < -0.39 is 5.82 Å². The summed E-state index contributed by atoms with van der Waals surface area (Å²) in [5.74, 6) is -0.750. The molecule has 1 amide bonds. The van der Waals surface area contributed by atoms with Crippen molar-refractivity contribution in [2.45, 2.75) is 13.5 Å². The van der Waals surface area contributed by atoms with E-state index in [0.29, 0.717) is 5.69 Å². The topological polar surface area (TPSA) is 72.9 Å². The average molecular weight is 248 g/mol. The predicted octanol–water partition coefficient (Wildman–Crippen LogP) is 1.55. The highest BCUT2D eigenvalue weighted by molar-refractivity contribution is 5.90. The fourth-order valence-corrected chi connectivity index (χ4v) is 1.52. The first-order chi connectivity index (χ1) is 8.54. The van der Waals surface area contributed by atoms with Crippen LogP contribution >= 0.6 is 0 Å². The Hall–Kier alpha value is -2.37. The number of anilines is 2. The molecule has 0 saturated carbocycles. The SMILES string of the molecule is Cc1ccn(CC(=O)Nc2ccc(F)c(N)c2)n1. The molecule has 2 rings (SSSR count). The van der Waals surface area contributed by atoms with E-state index in [1.165, 1.54) is 22.9 Å². The minimum absolute atomic E-state index is 0.00253. The van der Waals surface area contributed by atoms with Gasteiger partial charge in [-0.15, -0.1) is 0 Å². The molecule has 0 aliphatic carbocycles. The lowest BCUT2D eigenvalue weighted by Crippen LogP contribution is -2.19. The zero-order valence-electron chi connectivity index (χ0n) is 9.85. The lowest BCUT2D eigenvalue weighted by Gasteiger charge is -2.06. The lowest BCUT2D eigenvalue weighted by atomic mass is 10.2. The Bertz CT molecular complexity index is 579. The van der Waals surface area contributed by atoms with Crippen molar-refractivity contribution in [3.63, 3.8) is 0 Å². The van der Waals surface area contributed by atoms with Gasteiger partial charge in [0.05, 0.1) is 11.4 Å². The highest BCUT2D eigenvalue weighted by Crippen LogP contribution is 2.16. The normalized spacial score (nSPS) is 10.3. The molecule has 0 unspecified atom stereocenters. The summed E-state index contributed by atoms with van der Waals surface area (Å²) < 4.78 is 14.5. The van der Waals surface area contributed by atoms with E-state index in [-0.39, 0.29) is 18.1 Å². The first kappa shape index (κ1) is 12.1. The number of carbonyl (C=O) groups excluding carboxylic acids is 1. The van der Waals surface area contributed by atoms with E-state index in [4.69, 9.17) is 5.73 Å². The second-order valence-electron chi connectivity index (χ2n) is 3.94. The van der Waals surface area contributed by atoms with Crippen LogP contribution in [0.3, 0.4) is 0 Å². The van der Waals surface area contributed by atoms with Crippen LogP contribution in [0.25, 0.3) is 0 Å². The quantitative estimate of drug-likeness (QED) is 0.809. The molecule has 94 valence electrons. The van der Waals surface area contributed by atoms with Crippen LogP contribution in [0.2, 0.25) is 0 Å². The first-order valence-electron chi connectivity index (χ1n) is 5.39. The standard InChI is InChI=1S/C12H13FN4O/c1-8-4-5-17(16-8)7-12(18)15-9-2-3-10(13)11(14)6-9/h2-6H,7,14H2,1H3,(H,15,18). The van der Waals surface area contributed by atoms with Crippen molar-refractivity contribution in [3.8, 4) is 0 Å². The summed E-state index contributed by atoms with van der Waals surface area (Å²) in [4.78, 5) is 11.7. The maximum absolute atomic E-state index is 12.9. The fraction of sp³-hybridized carbons (Fsp3) is 0.167. The molecule has 1 aromatic carbocycles. The minimum Gasteiger partial charge on any atom is -0.396 e. The number of nitrogen functional groups attached to an aromatic ring is 1. The van der Waals surface area contributed by atoms with Crippen molar-refractivity contribution < 1.29 is 9.18 Å². The number of nitrogens with two attached hydrogens (primary N) is 1. The molecular formula is C12H13FN4O. The number of aryl methyl sites for hydroxylation is 1.